The lowest BCUT2D eigenvalue weighted by Gasteiger charge is -2.61. The second-order valence-corrected chi connectivity index (χ2v) is 8.65. The van der Waals surface area contributed by atoms with Gasteiger partial charge >= 0.3 is 5.97 Å². The zero-order valence-corrected chi connectivity index (χ0v) is 15.3. The topological polar surface area (TPSA) is 75.6 Å². The predicted octanol–water partition coefficient (Wildman–Crippen LogP) is 3.12. The van der Waals surface area contributed by atoms with Crippen molar-refractivity contribution >= 4 is 11.9 Å². The van der Waals surface area contributed by atoms with Crippen LogP contribution in [0.15, 0.2) is 24.3 Å². The number of benzene rings is 1. The van der Waals surface area contributed by atoms with Gasteiger partial charge in [0.2, 0.25) is 5.91 Å². The van der Waals surface area contributed by atoms with Crippen molar-refractivity contribution in [1.29, 1.82) is 0 Å². The quantitative estimate of drug-likeness (QED) is 0.820. The number of hydrogen-bond donors (Lipinski definition) is 2. The molecule has 1 amide bonds. The number of hydrogen-bond acceptors (Lipinski definition) is 3. The zero-order chi connectivity index (χ0) is 18.4. The summed E-state index contributed by atoms with van der Waals surface area (Å²) in [5, 5.41) is 11.7. The third kappa shape index (κ3) is 2.87. The summed E-state index contributed by atoms with van der Waals surface area (Å²) in [5.41, 5.74) is 1.10. The Hall–Kier alpha value is -2.04. The highest BCUT2D eigenvalue weighted by molar-refractivity contribution is 5.84. The van der Waals surface area contributed by atoms with Crippen molar-refractivity contribution in [3.8, 4) is 5.75 Å². The van der Waals surface area contributed by atoms with E-state index in [-0.39, 0.29) is 29.7 Å². The van der Waals surface area contributed by atoms with Crippen LogP contribution in [0.2, 0.25) is 0 Å². The van der Waals surface area contributed by atoms with Crippen molar-refractivity contribution in [3.63, 3.8) is 0 Å². The first-order valence-corrected chi connectivity index (χ1v) is 9.59. The minimum Gasteiger partial charge on any atom is -0.497 e. The maximum atomic E-state index is 13.0. The van der Waals surface area contributed by atoms with Crippen LogP contribution in [-0.2, 0) is 15.0 Å². The summed E-state index contributed by atoms with van der Waals surface area (Å²) >= 11 is 0. The molecule has 140 valence electrons. The van der Waals surface area contributed by atoms with Crippen molar-refractivity contribution in [1.82, 2.24) is 5.32 Å². The Morgan fingerprint density at radius 1 is 1.15 bits per heavy atom. The molecule has 5 heteroatoms. The van der Waals surface area contributed by atoms with E-state index < -0.39 is 5.97 Å². The van der Waals surface area contributed by atoms with E-state index in [0.29, 0.717) is 11.8 Å². The third-order valence-electron chi connectivity index (χ3n) is 6.87. The minimum atomic E-state index is -0.870. The van der Waals surface area contributed by atoms with Crippen LogP contribution >= 0.6 is 0 Å². The fraction of sp³-hybridized carbons (Fsp3) is 0.619. The van der Waals surface area contributed by atoms with Crippen LogP contribution in [0.5, 0.6) is 5.75 Å². The van der Waals surface area contributed by atoms with E-state index in [4.69, 9.17) is 9.84 Å². The standard InChI is InChI=1S/C21H27NO4/c1-26-17-4-2-16(3-5-17)20-9-14-8-15(10-20)12-21(11-14,13-20)19(25)22-7-6-18(23)24/h2-5,14-15H,6-13H2,1H3,(H,22,25)(H,23,24). The van der Waals surface area contributed by atoms with E-state index in [9.17, 15) is 9.59 Å². The van der Waals surface area contributed by atoms with Gasteiger partial charge in [0.1, 0.15) is 5.75 Å². The average Bonchev–Trinajstić information content (AvgIpc) is 2.60. The van der Waals surface area contributed by atoms with Crippen LogP contribution in [0, 0.1) is 17.3 Å². The number of rotatable bonds is 6. The van der Waals surface area contributed by atoms with Crippen LogP contribution in [0.1, 0.15) is 50.5 Å². The first-order chi connectivity index (χ1) is 12.4. The highest BCUT2D eigenvalue weighted by Crippen LogP contribution is 2.65. The average molecular weight is 357 g/mol. The number of ether oxygens (including phenoxy) is 1. The van der Waals surface area contributed by atoms with Crippen molar-refractivity contribution < 1.29 is 19.4 Å². The summed E-state index contributed by atoms with van der Waals surface area (Å²) in [6.45, 7) is 0.223. The lowest BCUT2D eigenvalue weighted by atomic mass is 9.42. The fourth-order valence-electron chi connectivity index (χ4n) is 6.28. The Morgan fingerprint density at radius 3 is 2.38 bits per heavy atom. The molecule has 5 rings (SSSR count). The Balaban J connectivity index is 1.58. The summed E-state index contributed by atoms with van der Waals surface area (Å²) in [5.74, 6) is 1.27. The summed E-state index contributed by atoms with van der Waals surface area (Å²) in [7, 11) is 1.68. The first kappa shape index (κ1) is 17.4. The molecule has 0 heterocycles. The smallest absolute Gasteiger partial charge is 0.305 e. The molecule has 2 N–H and O–H groups in total. The fourth-order valence-corrected chi connectivity index (χ4v) is 6.28. The van der Waals surface area contributed by atoms with E-state index in [1.165, 1.54) is 24.8 Å². The number of amides is 1. The Bertz CT molecular complexity index is 697. The lowest BCUT2D eigenvalue weighted by Crippen LogP contribution is -2.59. The third-order valence-corrected chi connectivity index (χ3v) is 6.87. The molecule has 5 nitrogen and oxygen atoms in total. The maximum absolute atomic E-state index is 13.0. The number of carbonyl (C=O) groups excluding carboxylic acids is 1. The summed E-state index contributed by atoms with van der Waals surface area (Å²) in [4.78, 5) is 23.8. The molecule has 1 aromatic carbocycles. The van der Waals surface area contributed by atoms with Gasteiger partial charge in [0.05, 0.1) is 18.9 Å². The predicted molar refractivity (Wildman–Crippen MR) is 97.0 cm³/mol. The van der Waals surface area contributed by atoms with Gasteiger partial charge in [-0.25, -0.2) is 0 Å². The van der Waals surface area contributed by atoms with Gasteiger partial charge in [-0.2, -0.15) is 0 Å². The van der Waals surface area contributed by atoms with Gasteiger partial charge in [0.15, 0.2) is 0 Å². The Labute approximate surface area is 154 Å². The van der Waals surface area contributed by atoms with E-state index in [1.807, 2.05) is 12.1 Å². The summed E-state index contributed by atoms with van der Waals surface area (Å²) < 4.78 is 5.30. The maximum Gasteiger partial charge on any atom is 0.305 e. The van der Waals surface area contributed by atoms with Crippen molar-refractivity contribution in [2.24, 2.45) is 17.3 Å². The molecule has 4 saturated carbocycles. The second kappa shape index (κ2) is 6.29. The number of nitrogens with one attached hydrogen (secondary N) is 1. The second-order valence-electron chi connectivity index (χ2n) is 8.65. The molecule has 4 aliphatic rings. The van der Waals surface area contributed by atoms with Gasteiger partial charge in [0, 0.05) is 6.54 Å². The molecule has 0 aromatic heterocycles. The van der Waals surface area contributed by atoms with Gasteiger partial charge in [-0.15, -0.1) is 0 Å². The van der Waals surface area contributed by atoms with Crippen molar-refractivity contribution in [2.45, 2.75) is 50.4 Å². The number of carbonyl (C=O) groups is 2. The number of methoxy groups -OCH3 is 1. The molecule has 4 bridgehead atoms. The zero-order valence-electron chi connectivity index (χ0n) is 15.3. The molecular weight excluding hydrogens is 330 g/mol. The van der Waals surface area contributed by atoms with E-state index in [1.54, 1.807) is 7.11 Å². The van der Waals surface area contributed by atoms with Crippen LogP contribution in [0.4, 0.5) is 0 Å². The molecule has 4 aliphatic carbocycles. The van der Waals surface area contributed by atoms with Crippen molar-refractivity contribution in [3.05, 3.63) is 29.8 Å². The first-order valence-electron chi connectivity index (χ1n) is 9.59. The molecule has 0 saturated heterocycles. The van der Waals surface area contributed by atoms with Gasteiger partial charge in [0.25, 0.3) is 0 Å². The monoisotopic (exact) mass is 357 g/mol. The normalized spacial score (nSPS) is 34.5. The number of carboxylic acid groups (broad SMARTS) is 1. The van der Waals surface area contributed by atoms with Crippen LogP contribution in [-0.4, -0.2) is 30.6 Å². The molecule has 26 heavy (non-hydrogen) atoms. The largest absolute Gasteiger partial charge is 0.497 e. The number of aliphatic carboxylic acids is 1. The molecule has 4 fully saturated rings. The van der Waals surface area contributed by atoms with Crippen LogP contribution < -0.4 is 10.1 Å². The Kier molecular flexibility index (Phi) is 4.20. The molecule has 2 atom stereocenters. The minimum absolute atomic E-state index is 0.0156. The van der Waals surface area contributed by atoms with E-state index in [2.05, 4.69) is 17.4 Å². The molecule has 1 aromatic rings. The highest BCUT2D eigenvalue weighted by Gasteiger charge is 2.60. The van der Waals surface area contributed by atoms with Crippen LogP contribution in [0.3, 0.4) is 0 Å². The summed E-state index contributed by atoms with van der Waals surface area (Å²) in [6, 6.07) is 8.38. The van der Waals surface area contributed by atoms with Gasteiger partial charge in [-0.05, 0) is 73.5 Å². The Morgan fingerprint density at radius 2 is 1.81 bits per heavy atom. The van der Waals surface area contributed by atoms with Gasteiger partial charge in [-0.1, -0.05) is 12.1 Å². The molecule has 0 radical (unpaired) electrons. The SMILES string of the molecule is COc1ccc(C23CC4CC(CC(C(=O)NCCC(=O)O)(C4)C2)C3)cc1. The molecule has 0 aliphatic heterocycles. The molecular formula is C21H27NO4. The highest BCUT2D eigenvalue weighted by atomic mass is 16.5. The van der Waals surface area contributed by atoms with E-state index >= 15 is 0 Å². The van der Waals surface area contributed by atoms with Crippen LogP contribution in [0.25, 0.3) is 0 Å². The molecule has 0 spiro atoms. The van der Waals surface area contributed by atoms with Gasteiger partial charge < -0.3 is 15.2 Å². The lowest BCUT2D eigenvalue weighted by molar-refractivity contribution is -0.149. The summed E-state index contributed by atoms with van der Waals surface area (Å²) in [6.07, 6.45) is 6.36. The van der Waals surface area contributed by atoms with E-state index in [0.717, 1.165) is 25.0 Å². The van der Waals surface area contributed by atoms with Gasteiger partial charge in [-0.3, -0.25) is 9.59 Å². The molecule has 2 unspecified atom stereocenters. The van der Waals surface area contributed by atoms with Crippen molar-refractivity contribution in [2.75, 3.05) is 13.7 Å². The number of carboxylic acids is 1.